The summed E-state index contributed by atoms with van der Waals surface area (Å²) in [5.41, 5.74) is 5.20. The van der Waals surface area contributed by atoms with Crippen molar-refractivity contribution >= 4 is 16.9 Å². The number of aromatic hydroxyl groups is 1. The molecule has 1 saturated heterocycles. The van der Waals surface area contributed by atoms with E-state index in [0.717, 1.165) is 49.2 Å². The van der Waals surface area contributed by atoms with E-state index < -0.39 is 22.8 Å². The lowest BCUT2D eigenvalue weighted by Crippen LogP contribution is -2.34. The van der Waals surface area contributed by atoms with Gasteiger partial charge in [-0.15, -0.1) is 0 Å². The SMILES string of the molecule is CCc1c(-c2ccc3c(c2)cc(CN2C[C@@H]4C(N(Cc5ccccc5)Cc5ccccc5)[C@@H]4C2)n3C)[nH]c(=O)c(C(=O)O)c1O. The molecule has 1 unspecified atom stereocenters. The monoisotopic (exact) mass is 602 g/mol. The van der Waals surface area contributed by atoms with Crippen molar-refractivity contribution < 1.29 is 15.0 Å². The van der Waals surface area contributed by atoms with Gasteiger partial charge in [-0.25, -0.2) is 4.79 Å². The van der Waals surface area contributed by atoms with Crippen LogP contribution in [0.15, 0.2) is 89.7 Å². The average molecular weight is 603 g/mol. The molecule has 1 aliphatic carbocycles. The molecule has 2 aromatic heterocycles. The van der Waals surface area contributed by atoms with Gasteiger partial charge in [0.2, 0.25) is 0 Å². The molecule has 3 aromatic carbocycles. The molecule has 7 rings (SSSR count). The number of hydrogen-bond donors (Lipinski definition) is 3. The highest BCUT2D eigenvalue weighted by Gasteiger charge is 2.57. The zero-order valence-electron chi connectivity index (χ0n) is 25.6. The van der Waals surface area contributed by atoms with Crippen molar-refractivity contribution in [3.8, 4) is 17.0 Å². The number of nitrogens with one attached hydrogen (secondary N) is 1. The first-order valence-electron chi connectivity index (χ1n) is 15.7. The molecule has 0 radical (unpaired) electrons. The first-order chi connectivity index (χ1) is 21.8. The molecule has 2 aliphatic rings. The number of aromatic carboxylic acids is 1. The normalized spacial score (nSPS) is 19.3. The number of pyridine rings is 1. The Morgan fingerprint density at radius 2 is 1.56 bits per heavy atom. The number of carbonyl (C=O) groups is 1. The molecular formula is C37H38N4O4. The standard InChI is InChI=1S/C37H38N4O4/c1-3-28-33(38-36(43)32(35(28)42)37(44)45)25-14-15-31-26(16-25)17-27(39(31)2)20-40-21-29-30(22-40)34(29)41(18-23-10-6-4-7-11-23)19-24-12-8-5-9-13-24/h4-17,29-30,34H,3,18-22H2,1-2H3,(H,44,45)(H2,38,42,43)/t29-,30+,34?. The third-order valence-electron chi connectivity index (χ3n) is 9.78. The van der Waals surface area contributed by atoms with Crippen LogP contribution in [0, 0.1) is 11.8 Å². The lowest BCUT2D eigenvalue weighted by Gasteiger charge is -2.28. The van der Waals surface area contributed by atoms with Crippen molar-refractivity contribution in [2.24, 2.45) is 18.9 Å². The maximum Gasteiger partial charge on any atom is 0.345 e. The zero-order chi connectivity index (χ0) is 31.2. The fourth-order valence-electron chi connectivity index (χ4n) is 7.52. The van der Waals surface area contributed by atoms with Gasteiger partial charge in [-0.2, -0.15) is 0 Å². The van der Waals surface area contributed by atoms with Crippen molar-refractivity contribution in [3.63, 3.8) is 0 Å². The molecule has 0 spiro atoms. The summed E-state index contributed by atoms with van der Waals surface area (Å²) in [6, 6.07) is 30.3. The average Bonchev–Trinajstić information content (AvgIpc) is 3.36. The number of benzene rings is 3. The van der Waals surface area contributed by atoms with Crippen LogP contribution < -0.4 is 5.56 Å². The van der Waals surface area contributed by atoms with Crippen LogP contribution in [0.1, 0.15) is 39.7 Å². The van der Waals surface area contributed by atoms with Crippen molar-refractivity contribution in [2.45, 2.75) is 39.0 Å². The van der Waals surface area contributed by atoms with Crippen molar-refractivity contribution in [1.29, 1.82) is 0 Å². The number of aromatic nitrogens is 2. The fourth-order valence-corrected chi connectivity index (χ4v) is 7.52. The number of carboxylic acids is 1. The molecule has 2 fully saturated rings. The molecule has 0 amide bonds. The van der Waals surface area contributed by atoms with E-state index in [1.54, 1.807) is 0 Å². The van der Waals surface area contributed by atoms with Crippen molar-refractivity contribution in [1.82, 2.24) is 19.4 Å². The Hall–Kier alpha value is -4.66. The van der Waals surface area contributed by atoms with Gasteiger partial charge in [0.05, 0.1) is 5.69 Å². The number of carboxylic acid groups (broad SMARTS) is 1. The number of fused-ring (bicyclic) bond motifs is 2. The number of piperidine rings is 1. The largest absolute Gasteiger partial charge is 0.506 e. The van der Waals surface area contributed by atoms with E-state index in [2.05, 4.69) is 93.1 Å². The Morgan fingerprint density at radius 3 is 2.13 bits per heavy atom. The molecule has 8 heteroatoms. The molecule has 3 N–H and O–H groups in total. The van der Waals surface area contributed by atoms with Crippen LogP contribution in [-0.2, 0) is 33.1 Å². The quantitative estimate of drug-likeness (QED) is 0.192. The lowest BCUT2D eigenvalue weighted by atomic mass is 9.99. The Bertz CT molecular complexity index is 1880. The van der Waals surface area contributed by atoms with Crippen LogP contribution in [0.2, 0.25) is 0 Å². The van der Waals surface area contributed by atoms with Gasteiger partial charge in [-0.05, 0) is 53.1 Å². The van der Waals surface area contributed by atoms with Gasteiger partial charge in [0, 0.05) is 68.0 Å². The maximum absolute atomic E-state index is 12.5. The molecular weight excluding hydrogens is 564 g/mol. The second-order valence-electron chi connectivity index (χ2n) is 12.5. The van der Waals surface area contributed by atoms with E-state index in [-0.39, 0.29) is 0 Å². The Kier molecular flexibility index (Phi) is 7.55. The molecule has 5 aromatic rings. The van der Waals surface area contributed by atoms with E-state index in [0.29, 0.717) is 35.6 Å². The summed E-state index contributed by atoms with van der Waals surface area (Å²) >= 11 is 0. The highest BCUT2D eigenvalue weighted by Crippen LogP contribution is 2.50. The van der Waals surface area contributed by atoms with Crippen LogP contribution in [-0.4, -0.2) is 54.7 Å². The van der Waals surface area contributed by atoms with Gasteiger partial charge >= 0.3 is 5.97 Å². The third-order valence-corrected chi connectivity index (χ3v) is 9.78. The molecule has 8 nitrogen and oxygen atoms in total. The van der Waals surface area contributed by atoms with E-state index in [1.165, 1.54) is 16.8 Å². The summed E-state index contributed by atoms with van der Waals surface area (Å²) in [6.45, 7) is 6.77. The zero-order valence-corrected chi connectivity index (χ0v) is 25.6. The first kappa shape index (κ1) is 29.1. The molecule has 0 bridgehead atoms. The van der Waals surface area contributed by atoms with Crippen LogP contribution in [0.3, 0.4) is 0 Å². The number of aryl methyl sites for hydroxylation is 1. The Morgan fingerprint density at radius 1 is 0.933 bits per heavy atom. The Balaban J connectivity index is 1.08. The summed E-state index contributed by atoms with van der Waals surface area (Å²) in [5.74, 6) is -0.562. The van der Waals surface area contributed by atoms with Crippen LogP contribution >= 0.6 is 0 Å². The lowest BCUT2D eigenvalue weighted by molar-refractivity contribution is 0.0691. The van der Waals surface area contributed by atoms with Crippen molar-refractivity contribution in [2.75, 3.05) is 13.1 Å². The minimum absolute atomic E-state index is 0.378. The highest BCUT2D eigenvalue weighted by molar-refractivity contribution is 5.92. The van der Waals surface area contributed by atoms with Gasteiger partial charge in [0.15, 0.2) is 5.56 Å². The van der Waals surface area contributed by atoms with Gasteiger partial charge in [-0.1, -0.05) is 73.7 Å². The number of aromatic amines is 1. The smallest absolute Gasteiger partial charge is 0.345 e. The minimum Gasteiger partial charge on any atom is -0.506 e. The molecule has 3 heterocycles. The number of hydrogen-bond acceptors (Lipinski definition) is 5. The second kappa shape index (κ2) is 11.7. The second-order valence-corrected chi connectivity index (χ2v) is 12.5. The number of nitrogens with zero attached hydrogens (tertiary/aromatic N) is 3. The molecule has 45 heavy (non-hydrogen) atoms. The minimum atomic E-state index is -1.44. The summed E-state index contributed by atoms with van der Waals surface area (Å²) < 4.78 is 2.23. The third kappa shape index (κ3) is 5.45. The first-order valence-corrected chi connectivity index (χ1v) is 15.7. The summed E-state index contributed by atoms with van der Waals surface area (Å²) in [5, 5.41) is 21.1. The molecule has 1 aliphatic heterocycles. The molecule has 230 valence electrons. The van der Waals surface area contributed by atoms with Gasteiger partial charge in [0.25, 0.3) is 5.56 Å². The van der Waals surface area contributed by atoms with Gasteiger partial charge in [0.1, 0.15) is 5.75 Å². The van der Waals surface area contributed by atoms with Gasteiger partial charge in [-0.3, -0.25) is 14.6 Å². The highest BCUT2D eigenvalue weighted by atomic mass is 16.4. The predicted octanol–water partition coefficient (Wildman–Crippen LogP) is 5.63. The van der Waals surface area contributed by atoms with Gasteiger partial charge < -0.3 is 19.8 Å². The summed E-state index contributed by atoms with van der Waals surface area (Å²) in [7, 11) is 2.09. The Labute approximate surface area is 262 Å². The van der Waals surface area contributed by atoms with E-state index >= 15 is 0 Å². The molecule has 1 saturated carbocycles. The summed E-state index contributed by atoms with van der Waals surface area (Å²) in [4.78, 5) is 32.0. The van der Waals surface area contributed by atoms with Crippen LogP contribution in [0.5, 0.6) is 5.75 Å². The maximum atomic E-state index is 12.5. The number of H-pyrrole nitrogens is 1. The predicted molar refractivity (Wildman–Crippen MR) is 175 cm³/mol. The van der Waals surface area contributed by atoms with Crippen molar-refractivity contribution in [3.05, 3.63) is 123 Å². The van der Waals surface area contributed by atoms with Crippen LogP contribution in [0.25, 0.3) is 22.2 Å². The molecule has 3 atom stereocenters. The number of rotatable bonds is 10. The summed E-state index contributed by atoms with van der Waals surface area (Å²) in [6.07, 6.45) is 0.378. The van der Waals surface area contributed by atoms with E-state index in [4.69, 9.17) is 0 Å². The number of likely N-dealkylation sites (tertiary alicyclic amines) is 1. The van der Waals surface area contributed by atoms with E-state index in [9.17, 15) is 19.8 Å². The fraction of sp³-hybridized carbons (Fsp3) is 0.297. The topological polar surface area (TPSA) is 102 Å². The van der Waals surface area contributed by atoms with Crippen LogP contribution in [0.4, 0.5) is 0 Å². The van der Waals surface area contributed by atoms with E-state index in [1.807, 2.05) is 25.1 Å².